The third-order valence-corrected chi connectivity index (χ3v) is 5.36. The molecule has 2 fully saturated rings. The van der Waals surface area contributed by atoms with Gasteiger partial charge in [-0.25, -0.2) is 0 Å². The number of hydrogen-bond acceptors (Lipinski definition) is 5. The molecule has 3 heterocycles. The molecule has 0 aliphatic carbocycles. The molecular weight excluding hydrogens is 322 g/mol. The first-order chi connectivity index (χ1) is 12.0. The third-order valence-electron chi connectivity index (χ3n) is 5.36. The van der Waals surface area contributed by atoms with Crippen LogP contribution in [0.3, 0.4) is 0 Å². The Bertz CT molecular complexity index is 676. The molecule has 7 heteroatoms. The van der Waals surface area contributed by atoms with E-state index in [1.165, 1.54) is 0 Å². The quantitative estimate of drug-likeness (QED) is 0.793. The van der Waals surface area contributed by atoms with Crippen molar-refractivity contribution in [3.05, 3.63) is 29.8 Å². The molecule has 1 aromatic carbocycles. The first kappa shape index (κ1) is 16.4. The van der Waals surface area contributed by atoms with E-state index < -0.39 is 6.10 Å². The molecular formula is C18H23N3O4. The Hall–Kier alpha value is -2.12. The van der Waals surface area contributed by atoms with Gasteiger partial charge >= 0.3 is 0 Å². The Labute approximate surface area is 146 Å². The minimum Gasteiger partial charge on any atom is -0.480 e. The van der Waals surface area contributed by atoms with Gasteiger partial charge in [0, 0.05) is 20.0 Å². The van der Waals surface area contributed by atoms with Crippen molar-refractivity contribution in [2.45, 2.75) is 24.2 Å². The zero-order valence-corrected chi connectivity index (χ0v) is 14.5. The highest BCUT2D eigenvalue weighted by Crippen LogP contribution is 2.34. The van der Waals surface area contributed by atoms with E-state index >= 15 is 0 Å². The third kappa shape index (κ3) is 2.77. The Morgan fingerprint density at radius 2 is 2.00 bits per heavy atom. The molecule has 0 aromatic heterocycles. The van der Waals surface area contributed by atoms with E-state index in [2.05, 4.69) is 5.32 Å². The monoisotopic (exact) mass is 345 g/mol. The summed E-state index contributed by atoms with van der Waals surface area (Å²) in [7, 11) is 3.55. The van der Waals surface area contributed by atoms with Crippen LogP contribution in [-0.4, -0.2) is 79.7 Å². The minimum absolute atomic E-state index is 0.0153. The van der Waals surface area contributed by atoms with Gasteiger partial charge in [0.15, 0.2) is 6.10 Å². The maximum Gasteiger partial charge on any atom is 0.264 e. The molecule has 25 heavy (non-hydrogen) atoms. The normalized spacial score (nSPS) is 27.4. The predicted octanol–water partition coefficient (Wildman–Crippen LogP) is -0.352. The van der Waals surface area contributed by atoms with Crippen molar-refractivity contribution in [2.24, 2.45) is 0 Å². The van der Waals surface area contributed by atoms with Gasteiger partial charge in [0.2, 0.25) is 5.91 Å². The number of nitrogens with one attached hydrogen (secondary N) is 1. The standard InChI is InChI=1S/C18H23N3O4/c1-19-16(22)13-8-24-18(9-20(13)2)10-21(11-18)17(23)15-7-12-5-3-4-6-14(12)25-15/h3-6,13,15H,7-11H2,1-2H3,(H,19,22)/t13-,15+/m0/s1. The number of rotatable bonds is 2. The first-order valence-electron chi connectivity index (χ1n) is 8.60. The van der Waals surface area contributed by atoms with Crippen LogP contribution in [0.1, 0.15) is 5.56 Å². The number of para-hydroxylation sites is 1. The second kappa shape index (κ2) is 6.00. The molecule has 0 unspecified atom stereocenters. The fourth-order valence-corrected chi connectivity index (χ4v) is 3.96. The highest BCUT2D eigenvalue weighted by molar-refractivity contribution is 5.84. The number of fused-ring (bicyclic) bond motifs is 1. The van der Waals surface area contributed by atoms with Crippen LogP contribution < -0.4 is 10.1 Å². The molecule has 1 aromatic rings. The number of likely N-dealkylation sites (tertiary alicyclic amines) is 1. The summed E-state index contributed by atoms with van der Waals surface area (Å²) < 4.78 is 11.8. The van der Waals surface area contributed by atoms with Crippen molar-refractivity contribution in [1.29, 1.82) is 0 Å². The molecule has 3 aliphatic heterocycles. The average molecular weight is 345 g/mol. The van der Waals surface area contributed by atoms with Gasteiger partial charge in [-0.2, -0.15) is 0 Å². The van der Waals surface area contributed by atoms with E-state index in [1.54, 1.807) is 11.9 Å². The van der Waals surface area contributed by atoms with Gasteiger partial charge in [0.05, 0.1) is 19.7 Å². The highest BCUT2D eigenvalue weighted by Gasteiger charge is 2.52. The van der Waals surface area contributed by atoms with Gasteiger partial charge in [-0.1, -0.05) is 18.2 Å². The molecule has 1 spiro atoms. The molecule has 4 rings (SSSR count). The van der Waals surface area contributed by atoms with Gasteiger partial charge in [-0.15, -0.1) is 0 Å². The van der Waals surface area contributed by atoms with Crippen molar-refractivity contribution in [2.75, 3.05) is 40.3 Å². The summed E-state index contributed by atoms with van der Waals surface area (Å²) in [5.41, 5.74) is 0.721. The van der Waals surface area contributed by atoms with Crippen LogP contribution in [0.15, 0.2) is 24.3 Å². The molecule has 1 N–H and O–H groups in total. The Morgan fingerprint density at radius 1 is 1.24 bits per heavy atom. The van der Waals surface area contributed by atoms with Crippen molar-refractivity contribution in [3.63, 3.8) is 0 Å². The summed E-state index contributed by atoms with van der Waals surface area (Å²) >= 11 is 0. The van der Waals surface area contributed by atoms with Crippen LogP contribution in [0.25, 0.3) is 0 Å². The zero-order chi connectivity index (χ0) is 17.6. The predicted molar refractivity (Wildman–Crippen MR) is 90.3 cm³/mol. The van der Waals surface area contributed by atoms with Crippen molar-refractivity contribution < 1.29 is 19.1 Å². The number of amides is 2. The van der Waals surface area contributed by atoms with E-state index in [0.29, 0.717) is 32.7 Å². The SMILES string of the molecule is CNC(=O)[C@@H]1COC2(CN(C(=O)[C@H]3Cc4ccccc4O3)C2)CN1C. The number of ether oxygens (including phenoxy) is 2. The Kier molecular flexibility index (Phi) is 3.92. The molecule has 0 saturated carbocycles. The average Bonchev–Trinajstić information content (AvgIpc) is 3.02. The summed E-state index contributed by atoms with van der Waals surface area (Å²) in [5.74, 6) is 0.779. The fraction of sp³-hybridized carbons (Fsp3) is 0.556. The second-order valence-electron chi connectivity index (χ2n) is 7.15. The van der Waals surface area contributed by atoms with E-state index in [1.807, 2.05) is 36.2 Å². The van der Waals surface area contributed by atoms with Gasteiger partial charge in [-0.05, 0) is 18.7 Å². The number of carbonyl (C=O) groups excluding carboxylic acids is 2. The van der Waals surface area contributed by atoms with E-state index in [-0.39, 0.29) is 23.5 Å². The number of morpholine rings is 1. The van der Waals surface area contributed by atoms with Crippen molar-refractivity contribution in [3.8, 4) is 5.75 Å². The molecule has 2 saturated heterocycles. The van der Waals surface area contributed by atoms with Crippen LogP contribution in [0, 0.1) is 0 Å². The smallest absolute Gasteiger partial charge is 0.264 e. The molecule has 7 nitrogen and oxygen atoms in total. The lowest BCUT2D eigenvalue weighted by Crippen LogP contribution is -2.74. The molecule has 0 radical (unpaired) electrons. The van der Waals surface area contributed by atoms with Gasteiger partial charge < -0.3 is 19.7 Å². The molecule has 0 bridgehead atoms. The van der Waals surface area contributed by atoms with Gasteiger partial charge in [0.1, 0.15) is 17.4 Å². The Balaban J connectivity index is 1.34. The number of nitrogens with zero attached hydrogens (tertiary/aromatic N) is 2. The number of carbonyl (C=O) groups is 2. The molecule has 134 valence electrons. The summed E-state index contributed by atoms with van der Waals surface area (Å²) in [4.78, 5) is 28.3. The topological polar surface area (TPSA) is 71.1 Å². The minimum atomic E-state index is -0.435. The van der Waals surface area contributed by atoms with Gasteiger partial charge in [-0.3, -0.25) is 14.5 Å². The van der Waals surface area contributed by atoms with Crippen LogP contribution in [-0.2, 0) is 20.7 Å². The summed E-state index contributed by atoms with van der Waals surface area (Å²) in [6.07, 6.45) is 0.188. The first-order valence-corrected chi connectivity index (χ1v) is 8.60. The Morgan fingerprint density at radius 3 is 2.68 bits per heavy atom. The fourth-order valence-electron chi connectivity index (χ4n) is 3.96. The summed E-state index contributed by atoms with van der Waals surface area (Å²) in [6.45, 7) is 2.09. The van der Waals surface area contributed by atoms with Crippen LogP contribution in [0.2, 0.25) is 0 Å². The number of likely N-dealkylation sites (N-methyl/N-ethyl adjacent to an activating group) is 2. The van der Waals surface area contributed by atoms with E-state index in [0.717, 1.165) is 11.3 Å². The molecule has 3 aliphatic rings. The lowest BCUT2D eigenvalue weighted by Gasteiger charge is -2.55. The van der Waals surface area contributed by atoms with Gasteiger partial charge in [0.25, 0.3) is 5.91 Å². The second-order valence-corrected chi connectivity index (χ2v) is 7.15. The highest BCUT2D eigenvalue weighted by atomic mass is 16.5. The summed E-state index contributed by atoms with van der Waals surface area (Å²) in [6, 6.07) is 7.51. The zero-order valence-electron chi connectivity index (χ0n) is 14.5. The van der Waals surface area contributed by atoms with Crippen LogP contribution >= 0.6 is 0 Å². The largest absolute Gasteiger partial charge is 0.480 e. The maximum absolute atomic E-state index is 12.7. The van der Waals surface area contributed by atoms with Crippen molar-refractivity contribution in [1.82, 2.24) is 15.1 Å². The maximum atomic E-state index is 12.7. The lowest BCUT2D eigenvalue weighted by molar-refractivity contribution is -0.203. The van der Waals surface area contributed by atoms with E-state index in [9.17, 15) is 9.59 Å². The van der Waals surface area contributed by atoms with Crippen LogP contribution in [0.4, 0.5) is 0 Å². The lowest BCUT2D eigenvalue weighted by atomic mass is 9.90. The molecule has 2 amide bonds. The van der Waals surface area contributed by atoms with Crippen LogP contribution in [0.5, 0.6) is 5.75 Å². The van der Waals surface area contributed by atoms with Crippen molar-refractivity contribution >= 4 is 11.8 Å². The number of hydrogen-bond donors (Lipinski definition) is 1. The molecule has 2 atom stereocenters. The van der Waals surface area contributed by atoms with E-state index in [4.69, 9.17) is 9.47 Å². The summed E-state index contributed by atoms with van der Waals surface area (Å²) in [5, 5.41) is 2.66. The number of benzene rings is 1.